The fourth-order valence-electron chi connectivity index (χ4n) is 4.98. The highest BCUT2D eigenvalue weighted by Crippen LogP contribution is 2.42. The van der Waals surface area contributed by atoms with Gasteiger partial charge in [0.05, 0.1) is 12.5 Å². The van der Waals surface area contributed by atoms with Crippen molar-refractivity contribution < 1.29 is 14.3 Å². The summed E-state index contributed by atoms with van der Waals surface area (Å²) in [5.74, 6) is 3.20. The number of esters is 1. The van der Waals surface area contributed by atoms with Gasteiger partial charge in [0.15, 0.2) is 0 Å². The lowest BCUT2D eigenvalue weighted by molar-refractivity contribution is -0.140. The molecule has 148 valence electrons. The van der Waals surface area contributed by atoms with Gasteiger partial charge in [-0.05, 0) is 93.2 Å². The molecule has 1 aromatic carbocycles. The number of ether oxygens (including phenoxy) is 2. The van der Waals surface area contributed by atoms with E-state index in [1.807, 2.05) is 24.3 Å². The Labute approximate surface area is 164 Å². The molecule has 3 rings (SSSR count). The maximum Gasteiger partial charge on any atom is 0.314 e. The lowest BCUT2D eigenvalue weighted by Crippen LogP contribution is -2.30. The third kappa shape index (κ3) is 5.68. The topological polar surface area (TPSA) is 35.5 Å². The lowest BCUT2D eigenvalue weighted by atomic mass is 9.69. The second-order valence-electron chi connectivity index (χ2n) is 8.41. The van der Waals surface area contributed by atoms with E-state index in [1.54, 1.807) is 7.11 Å². The maximum atomic E-state index is 12.5. The van der Waals surface area contributed by atoms with Gasteiger partial charge in [-0.2, -0.15) is 0 Å². The normalized spacial score (nSPS) is 28.5. The van der Waals surface area contributed by atoms with Gasteiger partial charge in [-0.25, -0.2) is 0 Å². The Morgan fingerprint density at radius 1 is 1.00 bits per heavy atom. The van der Waals surface area contributed by atoms with Gasteiger partial charge in [0, 0.05) is 7.11 Å². The van der Waals surface area contributed by atoms with Gasteiger partial charge in [-0.1, -0.05) is 18.2 Å². The van der Waals surface area contributed by atoms with Gasteiger partial charge in [0.2, 0.25) is 0 Å². The Bertz CT molecular complexity index is 591. The molecule has 0 saturated heterocycles. The van der Waals surface area contributed by atoms with E-state index < -0.39 is 0 Å². The molecule has 3 heteroatoms. The van der Waals surface area contributed by atoms with E-state index in [-0.39, 0.29) is 11.9 Å². The van der Waals surface area contributed by atoms with E-state index in [9.17, 15) is 4.79 Å². The molecule has 0 spiro atoms. The van der Waals surface area contributed by atoms with Crippen molar-refractivity contribution in [2.75, 3.05) is 7.11 Å². The third-order valence-electron chi connectivity index (χ3n) is 6.62. The molecule has 0 atom stereocenters. The van der Waals surface area contributed by atoms with Crippen LogP contribution >= 0.6 is 0 Å². The smallest absolute Gasteiger partial charge is 0.314 e. The molecule has 2 fully saturated rings. The SMILES string of the molecule is C=CCC1CCC(C2CCC(C(=O)Oc3ccc(COC)cc3)CC2)CC1. The predicted octanol–water partition coefficient (Wildman–Crippen LogP) is 5.93. The zero-order valence-electron chi connectivity index (χ0n) is 16.7. The molecule has 2 saturated carbocycles. The quantitative estimate of drug-likeness (QED) is 0.339. The summed E-state index contributed by atoms with van der Waals surface area (Å²) in [6.07, 6.45) is 13.0. The van der Waals surface area contributed by atoms with Gasteiger partial charge in [0.1, 0.15) is 5.75 Å². The molecule has 0 bridgehead atoms. The summed E-state index contributed by atoms with van der Waals surface area (Å²) in [4.78, 5) is 12.5. The van der Waals surface area contributed by atoms with E-state index in [0.29, 0.717) is 12.4 Å². The molecule has 2 aliphatic carbocycles. The summed E-state index contributed by atoms with van der Waals surface area (Å²) >= 11 is 0. The molecule has 0 amide bonds. The molecule has 3 nitrogen and oxygen atoms in total. The van der Waals surface area contributed by atoms with Crippen LogP contribution in [0.25, 0.3) is 0 Å². The average Bonchev–Trinajstić information content (AvgIpc) is 2.71. The fraction of sp³-hybridized carbons (Fsp3) is 0.625. The molecule has 0 unspecified atom stereocenters. The molecule has 0 aliphatic heterocycles. The number of methoxy groups -OCH3 is 1. The van der Waals surface area contributed by atoms with Gasteiger partial charge in [-0.15, -0.1) is 6.58 Å². The second-order valence-corrected chi connectivity index (χ2v) is 8.41. The number of carbonyl (C=O) groups is 1. The van der Waals surface area contributed by atoms with Crippen molar-refractivity contribution in [2.45, 2.75) is 64.4 Å². The van der Waals surface area contributed by atoms with Crippen LogP contribution in [0.5, 0.6) is 5.75 Å². The highest BCUT2D eigenvalue weighted by molar-refractivity contribution is 5.75. The van der Waals surface area contributed by atoms with E-state index >= 15 is 0 Å². The van der Waals surface area contributed by atoms with Crippen molar-refractivity contribution in [1.82, 2.24) is 0 Å². The third-order valence-corrected chi connectivity index (χ3v) is 6.62. The average molecular weight is 371 g/mol. The Hall–Kier alpha value is -1.61. The summed E-state index contributed by atoms with van der Waals surface area (Å²) in [7, 11) is 1.68. The minimum absolute atomic E-state index is 0.0531. The van der Waals surface area contributed by atoms with Crippen molar-refractivity contribution in [3.63, 3.8) is 0 Å². The van der Waals surface area contributed by atoms with E-state index in [2.05, 4.69) is 12.7 Å². The first-order valence-electron chi connectivity index (χ1n) is 10.6. The van der Waals surface area contributed by atoms with E-state index in [0.717, 1.165) is 36.2 Å². The molecule has 2 aliphatic rings. The number of rotatable bonds is 7. The Morgan fingerprint density at radius 2 is 1.59 bits per heavy atom. The van der Waals surface area contributed by atoms with E-state index in [4.69, 9.17) is 9.47 Å². The van der Waals surface area contributed by atoms with Crippen molar-refractivity contribution in [3.8, 4) is 5.75 Å². The zero-order valence-corrected chi connectivity index (χ0v) is 16.7. The van der Waals surface area contributed by atoms with Crippen LogP contribution in [-0.4, -0.2) is 13.1 Å². The number of hydrogen-bond acceptors (Lipinski definition) is 3. The molecule has 27 heavy (non-hydrogen) atoms. The highest BCUT2D eigenvalue weighted by Gasteiger charge is 2.33. The summed E-state index contributed by atoms with van der Waals surface area (Å²) in [5.41, 5.74) is 1.08. The van der Waals surface area contributed by atoms with E-state index in [1.165, 1.54) is 44.9 Å². The summed E-state index contributed by atoms with van der Waals surface area (Å²) in [6.45, 7) is 4.46. The van der Waals surface area contributed by atoms with Crippen molar-refractivity contribution >= 4 is 5.97 Å². The first kappa shape index (κ1) is 20.1. The first-order chi connectivity index (χ1) is 13.2. The van der Waals surface area contributed by atoms with Gasteiger partial charge >= 0.3 is 5.97 Å². The standard InChI is InChI=1S/C24H34O3/c1-3-4-18-5-9-20(10-6-18)21-11-13-22(14-12-21)24(25)27-23-15-7-19(8-16-23)17-26-2/h3,7-8,15-16,18,20-22H,1,4-6,9-14,17H2,2H3. The largest absolute Gasteiger partial charge is 0.426 e. The zero-order chi connectivity index (χ0) is 19.1. The van der Waals surface area contributed by atoms with Crippen LogP contribution in [0, 0.1) is 23.7 Å². The number of carbonyl (C=O) groups excluding carboxylic acids is 1. The molecule has 0 N–H and O–H groups in total. The van der Waals surface area contributed by atoms with Crippen molar-refractivity contribution in [3.05, 3.63) is 42.5 Å². The molecule has 0 heterocycles. The van der Waals surface area contributed by atoms with Crippen LogP contribution in [-0.2, 0) is 16.1 Å². The molecular weight excluding hydrogens is 336 g/mol. The predicted molar refractivity (Wildman–Crippen MR) is 109 cm³/mol. The van der Waals surface area contributed by atoms with Gasteiger partial charge in [-0.3, -0.25) is 4.79 Å². The van der Waals surface area contributed by atoms with Crippen molar-refractivity contribution in [2.24, 2.45) is 23.7 Å². The van der Waals surface area contributed by atoms with Gasteiger partial charge < -0.3 is 9.47 Å². The van der Waals surface area contributed by atoms with Crippen molar-refractivity contribution in [1.29, 1.82) is 0 Å². The number of allylic oxidation sites excluding steroid dienone is 1. The fourth-order valence-corrected chi connectivity index (χ4v) is 4.98. The van der Waals surface area contributed by atoms with Crippen LogP contribution < -0.4 is 4.74 Å². The molecule has 0 aromatic heterocycles. The molecule has 0 radical (unpaired) electrons. The molecular formula is C24H34O3. The summed E-state index contributed by atoms with van der Waals surface area (Å²) in [6, 6.07) is 7.62. The Kier molecular flexibility index (Phi) is 7.51. The lowest BCUT2D eigenvalue weighted by Gasteiger charge is -2.37. The minimum Gasteiger partial charge on any atom is -0.426 e. The Morgan fingerprint density at radius 3 is 2.15 bits per heavy atom. The number of benzene rings is 1. The number of hydrogen-bond donors (Lipinski definition) is 0. The van der Waals surface area contributed by atoms with Gasteiger partial charge in [0.25, 0.3) is 0 Å². The van der Waals surface area contributed by atoms with Crippen LogP contribution in [0.4, 0.5) is 0 Å². The second kappa shape index (κ2) is 10.1. The summed E-state index contributed by atoms with van der Waals surface area (Å²) < 4.78 is 10.7. The monoisotopic (exact) mass is 370 g/mol. The minimum atomic E-state index is -0.0531. The summed E-state index contributed by atoms with van der Waals surface area (Å²) in [5, 5.41) is 0. The first-order valence-corrected chi connectivity index (χ1v) is 10.6. The van der Waals surface area contributed by atoms with Crippen LogP contribution in [0.2, 0.25) is 0 Å². The van der Waals surface area contributed by atoms with Crippen LogP contribution in [0.1, 0.15) is 63.4 Å². The van der Waals surface area contributed by atoms with Crippen LogP contribution in [0.15, 0.2) is 36.9 Å². The highest BCUT2D eigenvalue weighted by atomic mass is 16.5. The Balaban J connectivity index is 1.42. The maximum absolute atomic E-state index is 12.5. The molecule has 1 aromatic rings. The van der Waals surface area contributed by atoms with Crippen LogP contribution in [0.3, 0.4) is 0 Å².